The Morgan fingerprint density at radius 1 is 1.18 bits per heavy atom. The lowest BCUT2D eigenvalue weighted by molar-refractivity contribution is -0.117. The molecule has 1 aromatic heterocycles. The molecular weight excluding hydrogens is 289 g/mol. The summed E-state index contributed by atoms with van der Waals surface area (Å²) in [5.41, 5.74) is -0.0790. The predicted octanol–water partition coefficient (Wildman–Crippen LogP) is 1.27. The molecule has 1 atom stereocenters. The Bertz CT molecular complexity index is 737. The lowest BCUT2D eigenvalue weighted by Gasteiger charge is -2.14. The summed E-state index contributed by atoms with van der Waals surface area (Å²) < 4.78 is 13.4. The average molecular weight is 303 g/mol. The van der Waals surface area contributed by atoms with Crippen molar-refractivity contribution in [3.8, 4) is 0 Å². The van der Waals surface area contributed by atoms with Crippen molar-refractivity contribution in [2.75, 3.05) is 5.32 Å². The van der Waals surface area contributed by atoms with E-state index >= 15 is 0 Å². The van der Waals surface area contributed by atoms with Gasteiger partial charge in [-0.1, -0.05) is 12.1 Å². The number of benzene rings is 1. The van der Waals surface area contributed by atoms with Crippen LogP contribution in [0.5, 0.6) is 0 Å². The van der Waals surface area contributed by atoms with Crippen LogP contribution in [-0.2, 0) is 4.79 Å². The van der Waals surface area contributed by atoms with Crippen molar-refractivity contribution in [2.24, 2.45) is 0 Å². The van der Waals surface area contributed by atoms with Gasteiger partial charge in [-0.25, -0.2) is 4.39 Å². The van der Waals surface area contributed by atoms with Crippen molar-refractivity contribution in [2.45, 2.75) is 13.0 Å². The zero-order chi connectivity index (χ0) is 16.1. The molecule has 0 saturated heterocycles. The van der Waals surface area contributed by atoms with Crippen LogP contribution in [-0.4, -0.2) is 22.8 Å². The smallest absolute Gasteiger partial charge is 0.253 e. The number of pyridine rings is 1. The highest BCUT2D eigenvalue weighted by Gasteiger charge is 2.17. The molecule has 0 aliphatic heterocycles. The highest BCUT2D eigenvalue weighted by molar-refractivity contribution is 6.00. The second kappa shape index (κ2) is 6.66. The summed E-state index contributed by atoms with van der Waals surface area (Å²) in [5, 5.41) is 4.85. The lowest BCUT2D eigenvalue weighted by atomic mass is 10.2. The number of aromatic nitrogens is 1. The summed E-state index contributed by atoms with van der Waals surface area (Å²) in [5.74, 6) is -1.63. The third-order valence-electron chi connectivity index (χ3n) is 2.92. The van der Waals surface area contributed by atoms with Crippen LogP contribution in [0.4, 0.5) is 10.1 Å². The van der Waals surface area contributed by atoms with Crippen LogP contribution in [0.2, 0.25) is 0 Å². The van der Waals surface area contributed by atoms with Gasteiger partial charge in [0, 0.05) is 12.3 Å². The quantitative estimate of drug-likeness (QED) is 0.794. The summed E-state index contributed by atoms with van der Waals surface area (Å²) in [6, 6.07) is 7.41. The van der Waals surface area contributed by atoms with Crippen molar-refractivity contribution in [3.63, 3.8) is 0 Å². The van der Waals surface area contributed by atoms with Crippen LogP contribution in [0.25, 0.3) is 0 Å². The van der Waals surface area contributed by atoms with Gasteiger partial charge in [-0.3, -0.25) is 14.4 Å². The van der Waals surface area contributed by atoms with Gasteiger partial charge in [0.1, 0.15) is 11.9 Å². The molecule has 0 bridgehead atoms. The molecule has 1 heterocycles. The number of para-hydroxylation sites is 1. The number of nitrogens with one attached hydrogen (secondary N) is 3. The molecule has 3 N–H and O–H groups in total. The maximum atomic E-state index is 13.4. The van der Waals surface area contributed by atoms with E-state index < -0.39 is 23.7 Å². The van der Waals surface area contributed by atoms with E-state index in [9.17, 15) is 18.8 Å². The van der Waals surface area contributed by atoms with Crippen molar-refractivity contribution in [1.29, 1.82) is 0 Å². The fourth-order valence-electron chi connectivity index (χ4n) is 1.70. The molecule has 6 nitrogen and oxygen atoms in total. The van der Waals surface area contributed by atoms with Gasteiger partial charge in [-0.05, 0) is 25.1 Å². The molecular formula is C15H14FN3O3. The zero-order valence-electron chi connectivity index (χ0n) is 11.7. The number of H-pyrrole nitrogens is 1. The number of hydrogen-bond donors (Lipinski definition) is 3. The van der Waals surface area contributed by atoms with E-state index in [1.165, 1.54) is 43.5 Å². The largest absolute Gasteiger partial charge is 0.340 e. The SMILES string of the molecule is CC(NC(=O)c1ccc(=O)[nH]c1)C(=O)Nc1ccccc1F. The molecule has 0 saturated carbocycles. The van der Waals surface area contributed by atoms with Crippen molar-refractivity contribution in [1.82, 2.24) is 10.3 Å². The van der Waals surface area contributed by atoms with Gasteiger partial charge >= 0.3 is 0 Å². The van der Waals surface area contributed by atoms with Crippen molar-refractivity contribution >= 4 is 17.5 Å². The Hall–Kier alpha value is -2.96. The molecule has 1 unspecified atom stereocenters. The maximum Gasteiger partial charge on any atom is 0.253 e. The molecule has 1 aromatic carbocycles. The molecule has 2 amide bonds. The first-order valence-corrected chi connectivity index (χ1v) is 6.52. The van der Waals surface area contributed by atoms with Crippen LogP contribution >= 0.6 is 0 Å². The minimum absolute atomic E-state index is 0.0395. The van der Waals surface area contributed by atoms with Crippen molar-refractivity contribution in [3.05, 3.63) is 64.3 Å². The van der Waals surface area contributed by atoms with Crippen LogP contribution in [0.3, 0.4) is 0 Å². The number of carbonyl (C=O) groups is 2. The Labute approximate surface area is 125 Å². The number of amides is 2. The number of anilines is 1. The molecule has 114 valence electrons. The Balaban J connectivity index is 1.99. The first-order chi connectivity index (χ1) is 10.5. The third kappa shape index (κ3) is 3.78. The van der Waals surface area contributed by atoms with Crippen LogP contribution in [0.15, 0.2) is 47.4 Å². The molecule has 0 aliphatic rings. The molecule has 2 rings (SSSR count). The molecule has 0 aliphatic carbocycles. The predicted molar refractivity (Wildman–Crippen MR) is 79.0 cm³/mol. The topological polar surface area (TPSA) is 91.1 Å². The number of halogens is 1. The normalized spacial score (nSPS) is 11.5. The second-order valence-corrected chi connectivity index (χ2v) is 4.61. The summed E-state index contributed by atoms with van der Waals surface area (Å²) in [7, 11) is 0. The molecule has 0 spiro atoms. The van der Waals surface area contributed by atoms with E-state index in [1.807, 2.05) is 0 Å². The molecule has 2 aromatic rings. The van der Waals surface area contributed by atoms with Gasteiger partial charge in [0.05, 0.1) is 11.3 Å². The molecule has 0 fully saturated rings. The Morgan fingerprint density at radius 3 is 2.55 bits per heavy atom. The minimum Gasteiger partial charge on any atom is -0.340 e. The van der Waals surface area contributed by atoms with Gasteiger partial charge in [0.15, 0.2) is 0 Å². The summed E-state index contributed by atoms with van der Waals surface area (Å²) in [6.07, 6.45) is 1.25. The van der Waals surface area contributed by atoms with Crippen LogP contribution in [0, 0.1) is 5.82 Å². The van der Waals surface area contributed by atoms with Crippen LogP contribution in [0.1, 0.15) is 17.3 Å². The number of hydrogen-bond acceptors (Lipinski definition) is 3. The van der Waals surface area contributed by atoms with Gasteiger partial charge < -0.3 is 15.6 Å². The third-order valence-corrected chi connectivity index (χ3v) is 2.92. The van der Waals surface area contributed by atoms with E-state index in [-0.39, 0.29) is 16.8 Å². The highest BCUT2D eigenvalue weighted by atomic mass is 19.1. The van der Waals surface area contributed by atoms with Gasteiger partial charge in [0.25, 0.3) is 5.91 Å². The van der Waals surface area contributed by atoms with Crippen molar-refractivity contribution < 1.29 is 14.0 Å². The van der Waals surface area contributed by atoms with Crippen LogP contribution < -0.4 is 16.2 Å². The Morgan fingerprint density at radius 2 is 1.91 bits per heavy atom. The monoisotopic (exact) mass is 303 g/mol. The molecule has 22 heavy (non-hydrogen) atoms. The minimum atomic E-state index is -0.876. The first-order valence-electron chi connectivity index (χ1n) is 6.52. The van der Waals surface area contributed by atoms with E-state index in [0.717, 1.165) is 0 Å². The summed E-state index contributed by atoms with van der Waals surface area (Å²) in [6.45, 7) is 1.47. The Kier molecular flexibility index (Phi) is 4.67. The molecule has 7 heteroatoms. The standard InChI is InChI=1S/C15H14FN3O3/c1-9(14(21)19-12-5-3-2-4-11(12)16)18-15(22)10-6-7-13(20)17-8-10/h2-9H,1H3,(H,17,20)(H,18,22)(H,19,21). The first kappa shape index (κ1) is 15.4. The highest BCUT2D eigenvalue weighted by Crippen LogP contribution is 2.12. The van der Waals surface area contributed by atoms with E-state index in [4.69, 9.17) is 0 Å². The average Bonchev–Trinajstić information content (AvgIpc) is 2.50. The molecule has 0 radical (unpaired) electrons. The van der Waals surface area contributed by atoms with E-state index in [1.54, 1.807) is 6.07 Å². The number of aromatic amines is 1. The van der Waals surface area contributed by atoms with Gasteiger partial charge in [-0.2, -0.15) is 0 Å². The summed E-state index contributed by atoms with van der Waals surface area (Å²) >= 11 is 0. The second-order valence-electron chi connectivity index (χ2n) is 4.61. The van der Waals surface area contributed by atoms with E-state index in [2.05, 4.69) is 15.6 Å². The summed E-state index contributed by atoms with van der Waals surface area (Å²) in [4.78, 5) is 37.1. The van der Waals surface area contributed by atoms with Gasteiger partial charge in [0.2, 0.25) is 11.5 Å². The number of rotatable bonds is 4. The van der Waals surface area contributed by atoms with Gasteiger partial charge in [-0.15, -0.1) is 0 Å². The number of carbonyl (C=O) groups excluding carboxylic acids is 2. The maximum absolute atomic E-state index is 13.4. The zero-order valence-corrected chi connectivity index (χ0v) is 11.7. The van der Waals surface area contributed by atoms with E-state index in [0.29, 0.717) is 0 Å². The fourth-order valence-corrected chi connectivity index (χ4v) is 1.70. The lowest BCUT2D eigenvalue weighted by Crippen LogP contribution is -2.41. The fraction of sp³-hybridized carbons (Fsp3) is 0.133.